The summed E-state index contributed by atoms with van der Waals surface area (Å²) in [6.07, 6.45) is 3.85. The minimum atomic E-state index is -0.167. The molecule has 27 heavy (non-hydrogen) atoms. The maximum atomic E-state index is 13.9. The van der Waals surface area contributed by atoms with E-state index < -0.39 is 0 Å². The number of nitrogens with one attached hydrogen (secondary N) is 2. The lowest BCUT2D eigenvalue weighted by molar-refractivity contribution is 0.392. The van der Waals surface area contributed by atoms with Gasteiger partial charge in [0.25, 0.3) is 0 Å². The predicted octanol–water partition coefficient (Wildman–Crippen LogP) is 3.43. The van der Waals surface area contributed by atoms with Crippen molar-refractivity contribution in [3.63, 3.8) is 0 Å². The van der Waals surface area contributed by atoms with Crippen LogP contribution in [-0.2, 0) is 25.9 Å². The molecule has 2 aromatic rings. The molecule has 0 fully saturated rings. The van der Waals surface area contributed by atoms with E-state index in [4.69, 9.17) is 0 Å². The molecule has 5 nitrogen and oxygen atoms in total. The summed E-state index contributed by atoms with van der Waals surface area (Å²) in [5.41, 5.74) is 1.73. The molecule has 0 unspecified atom stereocenters. The van der Waals surface area contributed by atoms with E-state index in [1.807, 2.05) is 31.3 Å². The van der Waals surface area contributed by atoms with Crippen LogP contribution in [0.15, 0.2) is 29.4 Å². The standard InChI is InChI=1S/C19H28FN5S.HI/c1-5-16-12-23-18(26-16)8-9-22-19(21-2)24-11-14-6-7-17(20)15(10-14)13-25(3)4;/h6-7,10,12H,5,8-9,11,13H2,1-4H3,(H2,21,22,24);1H. The zero-order valence-corrected chi connectivity index (χ0v) is 19.5. The second-order valence-corrected chi connectivity index (χ2v) is 7.54. The van der Waals surface area contributed by atoms with Crippen LogP contribution in [0.3, 0.4) is 0 Å². The average Bonchev–Trinajstić information content (AvgIpc) is 3.08. The molecule has 1 heterocycles. The molecule has 0 aliphatic carbocycles. The Morgan fingerprint density at radius 1 is 1.30 bits per heavy atom. The number of nitrogens with zero attached hydrogens (tertiary/aromatic N) is 3. The zero-order chi connectivity index (χ0) is 18.9. The van der Waals surface area contributed by atoms with Crippen LogP contribution >= 0.6 is 35.3 Å². The normalized spacial score (nSPS) is 11.4. The molecule has 2 rings (SSSR count). The summed E-state index contributed by atoms with van der Waals surface area (Å²) in [6.45, 7) is 4.09. The molecule has 0 aliphatic heterocycles. The summed E-state index contributed by atoms with van der Waals surface area (Å²) < 4.78 is 13.9. The second kappa shape index (κ2) is 12.2. The average molecular weight is 505 g/mol. The molecular formula is C19H29FIN5S. The fourth-order valence-electron chi connectivity index (χ4n) is 2.52. The number of hydrogen-bond acceptors (Lipinski definition) is 4. The monoisotopic (exact) mass is 505 g/mol. The van der Waals surface area contributed by atoms with Crippen LogP contribution in [0.1, 0.15) is 27.9 Å². The molecule has 150 valence electrons. The molecule has 1 aromatic heterocycles. The third-order valence-corrected chi connectivity index (χ3v) is 5.06. The quantitative estimate of drug-likeness (QED) is 0.328. The maximum Gasteiger partial charge on any atom is 0.191 e. The molecule has 0 atom stereocenters. The van der Waals surface area contributed by atoms with E-state index in [0.717, 1.165) is 35.9 Å². The van der Waals surface area contributed by atoms with Gasteiger partial charge in [0.2, 0.25) is 0 Å². The Morgan fingerprint density at radius 3 is 2.70 bits per heavy atom. The Kier molecular flexibility index (Phi) is 10.8. The lowest BCUT2D eigenvalue weighted by Crippen LogP contribution is -2.37. The van der Waals surface area contributed by atoms with E-state index in [-0.39, 0.29) is 29.8 Å². The minimum absolute atomic E-state index is 0. The van der Waals surface area contributed by atoms with Crippen molar-refractivity contribution < 1.29 is 4.39 Å². The van der Waals surface area contributed by atoms with Gasteiger partial charge in [-0.3, -0.25) is 4.99 Å². The topological polar surface area (TPSA) is 52.6 Å². The van der Waals surface area contributed by atoms with Crippen molar-refractivity contribution in [3.05, 3.63) is 51.2 Å². The summed E-state index contributed by atoms with van der Waals surface area (Å²) >= 11 is 1.76. The van der Waals surface area contributed by atoms with Crippen LogP contribution in [0.2, 0.25) is 0 Å². The first-order valence-corrected chi connectivity index (χ1v) is 9.63. The molecule has 0 saturated heterocycles. The first-order valence-electron chi connectivity index (χ1n) is 8.82. The van der Waals surface area contributed by atoms with E-state index in [9.17, 15) is 4.39 Å². The third kappa shape index (κ3) is 8.10. The summed E-state index contributed by atoms with van der Waals surface area (Å²) in [7, 11) is 5.61. The number of rotatable bonds is 8. The van der Waals surface area contributed by atoms with Crippen molar-refractivity contribution in [1.82, 2.24) is 20.5 Å². The highest BCUT2D eigenvalue weighted by Crippen LogP contribution is 2.13. The molecule has 1 aromatic carbocycles. The van der Waals surface area contributed by atoms with Crippen LogP contribution in [-0.4, -0.2) is 43.5 Å². The van der Waals surface area contributed by atoms with Gasteiger partial charge in [0.15, 0.2) is 5.96 Å². The molecule has 0 saturated carbocycles. The molecule has 8 heteroatoms. The molecule has 0 aliphatic rings. The lowest BCUT2D eigenvalue weighted by Gasteiger charge is -2.14. The third-order valence-electron chi connectivity index (χ3n) is 3.86. The van der Waals surface area contributed by atoms with Crippen LogP contribution < -0.4 is 10.6 Å². The molecule has 0 amide bonds. The molecule has 0 radical (unpaired) electrons. The van der Waals surface area contributed by atoms with E-state index in [2.05, 4.69) is 27.5 Å². The van der Waals surface area contributed by atoms with Gasteiger partial charge in [-0.1, -0.05) is 13.0 Å². The Labute approximate surface area is 182 Å². The van der Waals surface area contributed by atoms with Gasteiger partial charge in [-0.25, -0.2) is 9.37 Å². The number of guanidine groups is 1. The van der Waals surface area contributed by atoms with Crippen molar-refractivity contribution in [3.8, 4) is 0 Å². The van der Waals surface area contributed by atoms with Gasteiger partial charge >= 0.3 is 0 Å². The second-order valence-electron chi connectivity index (χ2n) is 6.34. The van der Waals surface area contributed by atoms with Crippen LogP contribution in [0, 0.1) is 5.82 Å². The van der Waals surface area contributed by atoms with Crippen LogP contribution in [0.25, 0.3) is 0 Å². The van der Waals surface area contributed by atoms with E-state index >= 15 is 0 Å². The van der Waals surface area contributed by atoms with Gasteiger partial charge in [-0.2, -0.15) is 0 Å². The summed E-state index contributed by atoms with van der Waals surface area (Å²) in [6, 6.07) is 5.23. The molecular weight excluding hydrogens is 476 g/mol. The number of hydrogen-bond donors (Lipinski definition) is 2. The zero-order valence-electron chi connectivity index (χ0n) is 16.4. The summed E-state index contributed by atoms with van der Waals surface area (Å²) in [5, 5.41) is 7.71. The Hall–Kier alpha value is -1.26. The number of thiazole rings is 1. The van der Waals surface area contributed by atoms with Gasteiger partial charge in [-0.05, 0) is 38.2 Å². The Bertz CT molecular complexity index is 733. The van der Waals surface area contributed by atoms with Crippen molar-refractivity contribution in [1.29, 1.82) is 0 Å². The Morgan fingerprint density at radius 2 is 2.07 bits per heavy atom. The predicted molar refractivity (Wildman–Crippen MR) is 123 cm³/mol. The first-order chi connectivity index (χ1) is 12.5. The fraction of sp³-hybridized carbons (Fsp3) is 0.474. The Balaban J connectivity index is 0.00000364. The fourth-order valence-corrected chi connectivity index (χ4v) is 3.38. The van der Waals surface area contributed by atoms with Gasteiger partial charge in [0.1, 0.15) is 5.82 Å². The van der Waals surface area contributed by atoms with Crippen LogP contribution in [0.5, 0.6) is 0 Å². The van der Waals surface area contributed by atoms with Gasteiger partial charge in [-0.15, -0.1) is 35.3 Å². The van der Waals surface area contributed by atoms with Crippen LogP contribution in [0.4, 0.5) is 4.39 Å². The maximum absolute atomic E-state index is 13.9. The SMILES string of the molecule is CCc1cnc(CCNC(=NC)NCc2ccc(F)c(CN(C)C)c2)s1.I. The van der Waals surface area contributed by atoms with Crippen molar-refractivity contribution >= 4 is 41.3 Å². The van der Waals surface area contributed by atoms with Crippen molar-refractivity contribution in [2.24, 2.45) is 4.99 Å². The molecule has 0 spiro atoms. The van der Waals surface area contributed by atoms with Crippen molar-refractivity contribution in [2.45, 2.75) is 32.9 Å². The number of benzene rings is 1. The smallest absolute Gasteiger partial charge is 0.191 e. The number of aliphatic imine (C=N–C) groups is 1. The molecule has 2 N–H and O–H groups in total. The van der Waals surface area contributed by atoms with E-state index in [0.29, 0.717) is 18.7 Å². The number of halogens is 2. The number of aromatic nitrogens is 1. The summed E-state index contributed by atoms with van der Waals surface area (Å²) in [5.74, 6) is 0.565. The van der Waals surface area contributed by atoms with Gasteiger partial charge < -0.3 is 15.5 Å². The van der Waals surface area contributed by atoms with Gasteiger partial charge in [0.05, 0.1) is 5.01 Å². The van der Waals surface area contributed by atoms with Crippen molar-refractivity contribution in [2.75, 3.05) is 27.7 Å². The molecule has 0 bridgehead atoms. The van der Waals surface area contributed by atoms with E-state index in [1.54, 1.807) is 24.5 Å². The van der Waals surface area contributed by atoms with E-state index in [1.165, 1.54) is 10.9 Å². The highest BCUT2D eigenvalue weighted by Gasteiger charge is 2.06. The highest BCUT2D eigenvalue weighted by atomic mass is 127. The first kappa shape index (κ1) is 23.8. The highest BCUT2D eigenvalue weighted by molar-refractivity contribution is 14.0. The van der Waals surface area contributed by atoms with Gasteiger partial charge in [0, 0.05) is 49.7 Å². The minimum Gasteiger partial charge on any atom is -0.356 e. The lowest BCUT2D eigenvalue weighted by atomic mass is 10.1. The number of aryl methyl sites for hydroxylation is 1. The largest absolute Gasteiger partial charge is 0.356 e. The summed E-state index contributed by atoms with van der Waals surface area (Å²) in [4.78, 5) is 11.9.